The van der Waals surface area contributed by atoms with Crippen LogP contribution in [0, 0.1) is 0 Å². The molecule has 8 heteroatoms. The molecule has 3 aromatic carbocycles. The number of phenolic OH excluding ortho intramolecular Hbond substituents is 2. The van der Waals surface area contributed by atoms with E-state index in [4.69, 9.17) is 4.74 Å². The van der Waals surface area contributed by atoms with Crippen LogP contribution in [0.25, 0.3) is 0 Å². The minimum absolute atomic E-state index is 0.0258. The molecule has 4 rings (SSSR count). The number of cyclic esters (lactones) is 1. The molecule has 6 nitrogen and oxygen atoms in total. The molecule has 37 heavy (non-hydrogen) atoms. The Hall–Kier alpha value is -2.84. The third-order valence-electron chi connectivity index (χ3n) is 7.17. The fourth-order valence-corrected chi connectivity index (χ4v) is 7.08. The van der Waals surface area contributed by atoms with Crippen molar-refractivity contribution >= 4 is 43.8 Å². The van der Waals surface area contributed by atoms with E-state index in [0.29, 0.717) is 62.4 Å². The van der Waals surface area contributed by atoms with Crippen molar-refractivity contribution in [2.45, 2.75) is 59.0 Å². The number of carbonyl (C=O) groups excluding carboxylic acids is 1. The van der Waals surface area contributed by atoms with Gasteiger partial charge in [0.15, 0.2) is 5.60 Å². The summed E-state index contributed by atoms with van der Waals surface area (Å²) in [7, 11) is 0. The molecule has 0 aliphatic carbocycles. The predicted octanol–water partition coefficient (Wildman–Crippen LogP) is 7.03. The van der Waals surface area contributed by atoms with Crippen molar-refractivity contribution in [1.29, 1.82) is 0 Å². The van der Waals surface area contributed by atoms with Gasteiger partial charge in [-0.2, -0.15) is 0 Å². The smallest absolute Gasteiger partial charge is 0.341 e. The van der Waals surface area contributed by atoms with Crippen molar-refractivity contribution in [3.05, 3.63) is 89.3 Å². The van der Waals surface area contributed by atoms with Crippen molar-refractivity contribution in [2.24, 2.45) is 0 Å². The number of aromatic hydroxyl groups is 2. The first-order valence-electron chi connectivity index (χ1n) is 12.3. The summed E-state index contributed by atoms with van der Waals surface area (Å²) in [5.41, 5.74) is 2.57. The normalized spacial score (nSPS) is 13.9. The van der Waals surface area contributed by atoms with E-state index in [0.717, 1.165) is 11.1 Å². The van der Waals surface area contributed by atoms with Gasteiger partial charge in [-0.1, -0.05) is 71.7 Å². The SMILES string of the molecule is CCc1c(O)cc(Br)c(CC)c1C1(c2c(CC)c(O)cc(Br)c2CC)OC(=O)c2c(C(=O)O)cccc21. The van der Waals surface area contributed by atoms with Crippen molar-refractivity contribution in [1.82, 2.24) is 0 Å². The second-order valence-corrected chi connectivity index (χ2v) is 10.6. The van der Waals surface area contributed by atoms with Gasteiger partial charge in [-0.3, -0.25) is 0 Å². The van der Waals surface area contributed by atoms with Gasteiger partial charge in [0, 0.05) is 36.8 Å². The Balaban J connectivity index is 2.38. The van der Waals surface area contributed by atoms with Crippen molar-refractivity contribution in [3.8, 4) is 11.5 Å². The monoisotopic (exact) mass is 630 g/mol. The van der Waals surface area contributed by atoms with E-state index in [1.54, 1.807) is 24.3 Å². The van der Waals surface area contributed by atoms with E-state index in [1.807, 2.05) is 27.7 Å². The van der Waals surface area contributed by atoms with Gasteiger partial charge in [0.1, 0.15) is 11.5 Å². The van der Waals surface area contributed by atoms with Gasteiger partial charge in [0.25, 0.3) is 0 Å². The zero-order valence-corrected chi connectivity index (χ0v) is 24.2. The largest absolute Gasteiger partial charge is 0.508 e. The van der Waals surface area contributed by atoms with Gasteiger partial charge in [0.2, 0.25) is 0 Å². The molecule has 0 bridgehead atoms. The Morgan fingerprint density at radius 1 is 0.838 bits per heavy atom. The summed E-state index contributed by atoms with van der Waals surface area (Å²) in [5, 5.41) is 32.2. The molecule has 1 heterocycles. The van der Waals surface area contributed by atoms with Crippen LogP contribution in [0.4, 0.5) is 0 Å². The van der Waals surface area contributed by atoms with Crippen LogP contribution in [0.5, 0.6) is 11.5 Å². The Labute approximate surface area is 232 Å². The second-order valence-electron chi connectivity index (χ2n) is 8.94. The Bertz CT molecular complexity index is 1320. The molecule has 194 valence electrons. The number of ether oxygens (including phenoxy) is 1. The quantitative estimate of drug-likeness (QED) is 0.242. The number of hydrogen-bond acceptors (Lipinski definition) is 5. The fraction of sp³-hybridized carbons (Fsp3) is 0.310. The highest BCUT2D eigenvalue weighted by Crippen LogP contribution is 2.55. The van der Waals surface area contributed by atoms with Crippen LogP contribution in [-0.2, 0) is 36.0 Å². The van der Waals surface area contributed by atoms with E-state index < -0.39 is 17.5 Å². The summed E-state index contributed by atoms with van der Waals surface area (Å²) in [5.74, 6) is -1.93. The van der Waals surface area contributed by atoms with Crippen molar-refractivity contribution < 1.29 is 29.6 Å². The molecule has 0 atom stereocenters. The van der Waals surface area contributed by atoms with Crippen LogP contribution >= 0.6 is 31.9 Å². The van der Waals surface area contributed by atoms with Crippen LogP contribution in [0.1, 0.15) is 87.4 Å². The van der Waals surface area contributed by atoms with Gasteiger partial charge < -0.3 is 20.1 Å². The van der Waals surface area contributed by atoms with Crippen molar-refractivity contribution in [2.75, 3.05) is 0 Å². The maximum absolute atomic E-state index is 13.7. The third kappa shape index (κ3) is 3.96. The molecule has 1 aliphatic heterocycles. The number of phenols is 2. The molecule has 0 amide bonds. The van der Waals surface area contributed by atoms with Gasteiger partial charge >= 0.3 is 11.9 Å². The standard InChI is InChI=1S/C29H28Br2O6/c1-5-14-20(30)12-22(32)16(7-3)25(14)29(26-15(6-2)21(31)13-23(33)17(26)8-4)19-11-9-10-18(27(34)35)24(19)28(36)37-29/h9-13,32-33H,5-8H2,1-4H3,(H,34,35). The van der Waals surface area contributed by atoms with E-state index in [9.17, 15) is 24.9 Å². The number of carboxylic acids is 1. The summed E-state index contributed by atoms with van der Waals surface area (Å²) < 4.78 is 7.70. The van der Waals surface area contributed by atoms with Crippen LogP contribution in [0.15, 0.2) is 39.3 Å². The maximum atomic E-state index is 13.7. The minimum atomic E-state index is -1.60. The Morgan fingerprint density at radius 3 is 1.70 bits per heavy atom. The highest BCUT2D eigenvalue weighted by molar-refractivity contribution is 9.10. The maximum Gasteiger partial charge on any atom is 0.341 e. The van der Waals surface area contributed by atoms with Crippen LogP contribution in [0.3, 0.4) is 0 Å². The lowest BCUT2D eigenvalue weighted by molar-refractivity contribution is 0.0237. The summed E-state index contributed by atoms with van der Waals surface area (Å²) in [6.07, 6.45) is 1.94. The summed E-state index contributed by atoms with van der Waals surface area (Å²) >= 11 is 7.21. The fourth-order valence-electron chi connectivity index (χ4n) is 5.69. The average Bonchev–Trinajstić information content (AvgIpc) is 3.16. The first kappa shape index (κ1) is 27.2. The summed E-state index contributed by atoms with van der Waals surface area (Å²) in [6.45, 7) is 7.76. The van der Waals surface area contributed by atoms with Gasteiger partial charge in [-0.25, -0.2) is 9.59 Å². The molecule has 0 fully saturated rings. The zero-order valence-electron chi connectivity index (χ0n) is 21.0. The molecule has 0 unspecified atom stereocenters. The molecule has 0 saturated carbocycles. The lowest BCUT2D eigenvalue weighted by atomic mass is 9.71. The molecule has 0 saturated heterocycles. The first-order chi connectivity index (χ1) is 17.6. The number of esters is 1. The highest BCUT2D eigenvalue weighted by Gasteiger charge is 2.54. The lowest BCUT2D eigenvalue weighted by Crippen LogP contribution is -2.35. The number of benzene rings is 3. The molecule has 0 radical (unpaired) electrons. The van der Waals surface area contributed by atoms with E-state index in [2.05, 4.69) is 31.9 Å². The molecule has 3 aromatic rings. The first-order valence-corrected chi connectivity index (χ1v) is 13.8. The summed E-state index contributed by atoms with van der Waals surface area (Å²) in [6, 6.07) is 7.97. The van der Waals surface area contributed by atoms with Crippen molar-refractivity contribution in [3.63, 3.8) is 0 Å². The minimum Gasteiger partial charge on any atom is -0.508 e. The number of carboxylic acid groups (broad SMARTS) is 1. The third-order valence-corrected chi connectivity index (χ3v) is 8.59. The van der Waals surface area contributed by atoms with Gasteiger partial charge in [-0.05, 0) is 55.0 Å². The molecular weight excluding hydrogens is 604 g/mol. The number of aromatic carboxylic acids is 1. The molecule has 1 aliphatic rings. The average molecular weight is 632 g/mol. The number of rotatable bonds is 7. The molecule has 0 aromatic heterocycles. The summed E-state index contributed by atoms with van der Waals surface area (Å²) in [4.78, 5) is 25.9. The Kier molecular flexibility index (Phi) is 7.45. The molecule has 3 N–H and O–H groups in total. The van der Waals surface area contributed by atoms with Crippen LogP contribution < -0.4 is 0 Å². The Morgan fingerprint density at radius 2 is 1.30 bits per heavy atom. The topological polar surface area (TPSA) is 104 Å². The molecular formula is C29H28Br2O6. The number of fused-ring (bicyclic) bond motifs is 1. The van der Waals surface area contributed by atoms with Gasteiger partial charge in [-0.15, -0.1) is 0 Å². The zero-order chi connectivity index (χ0) is 27.2. The van der Waals surface area contributed by atoms with Crippen LogP contribution in [0.2, 0.25) is 0 Å². The van der Waals surface area contributed by atoms with Gasteiger partial charge in [0.05, 0.1) is 11.1 Å². The number of carbonyl (C=O) groups is 2. The highest BCUT2D eigenvalue weighted by atomic mass is 79.9. The number of hydrogen-bond donors (Lipinski definition) is 3. The van der Waals surface area contributed by atoms with E-state index in [-0.39, 0.29) is 22.6 Å². The van der Waals surface area contributed by atoms with E-state index in [1.165, 1.54) is 6.07 Å². The van der Waals surface area contributed by atoms with Crippen LogP contribution in [-0.4, -0.2) is 27.3 Å². The lowest BCUT2D eigenvalue weighted by Gasteiger charge is -2.37. The second kappa shape index (κ2) is 10.1. The number of halogens is 2. The van der Waals surface area contributed by atoms with E-state index >= 15 is 0 Å². The molecule has 0 spiro atoms. The predicted molar refractivity (Wildman–Crippen MR) is 148 cm³/mol.